The zero-order valence-electron chi connectivity index (χ0n) is 22.7. The smallest absolute Gasteiger partial charge is 0.338 e. The molecule has 0 unspecified atom stereocenters. The standard InChI is InChI=1S/C28H42N2O6/c1-19-8-11-22-27(2,21(19)10-9-20-13-15-34-26(20)33)14-12-23(36-25(32)17-30(6)7)28(22,3)18-35-24(31)16-29(4)5/h9-10,13,21-23H,1,8,11-12,14-18H2,2-7H3/b10-9+/t21-,22+,23-,27+,28+/m1/s1. The first-order valence-corrected chi connectivity index (χ1v) is 12.7. The zero-order valence-corrected chi connectivity index (χ0v) is 22.7. The molecule has 0 aromatic heterocycles. The van der Waals surface area contributed by atoms with Gasteiger partial charge in [0.25, 0.3) is 0 Å². The summed E-state index contributed by atoms with van der Waals surface area (Å²) in [6.07, 6.45) is 8.55. The van der Waals surface area contributed by atoms with Crippen LogP contribution in [0.2, 0.25) is 0 Å². The summed E-state index contributed by atoms with van der Waals surface area (Å²) in [5.74, 6) is -0.713. The van der Waals surface area contributed by atoms with E-state index in [0.29, 0.717) is 18.6 Å². The molecule has 3 aliphatic rings. The Kier molecular flexibility index (Phi) is 8.83. The highest BCUT2D eigenvalue weighted by Crippen LogP contribution is 2.62. The van der Waals surface area contributed by atoms with Gasteiger partial charge in [-0.15, -0.1) is 0 Å². The minimum Gasteiger partial charge on any atom is -0.464 e. The first kappa shape index (κ1) is 28.1. The molecule has 0 aromatic carbocycles. The Morgan fingerprint density at radius 1 is 1.14 bits per heavy atom. The molecule has 0 spiro atoms. The van der Waals surface area contributed by atoms with Crippen LogP contribution in [0.4, 0.5) is 0 Å². The largest absolute Gasteiger partial charge is 0.464 e. The predicted octanol–water partition coefficient (Wildman–Crippen LogP) is 2.99. The van der Waals surface area contributed by atoms with Gasteiger partial charge in [0, 0.05) is 11.3 Å². The first-order chi connectivity index (χ1) is 16.9. The van der Waals surface area contributed by atoms with E-state index in [1.165, 1.54) is 0 Å². The minimum absolute atomic E-state index is 0.0424. The Hall–Kier alpha value is -2.45. The number of allylic oxidation sites excluding steroid dienone is 2. The Labute approximate surface area is 215 Å². The third kappa shape index (κ3) is 6.09. The van der Waals surface area contributed by atoms with Gasteiger partial charge in [-0.05, 0) is 71.3 Å². The van der Waals surface area contributed by atoms with Crippen molar-refractivity contribution >= 4 is 17.9 Å². The summed E-state index contributed by atoms with van der Waals surface area (Å²) in [6, 6.07) is 0. The van der Waals surface area contributed by atoms with Gasteiger partial charge in [-0.3, -0.25) is 19.4 Å². The molecule has 0 N–H and O–H groups in total. The molecule has 8 heteroatoms. The van der Waals surface area contributed by atoms with Crippen LogP contribution in [0.25, 0.3) is 0 Å². The van der Waals surface area contributed by atoms with Crippen LogP contribution in [0.5, 0.6) is 0 Å². The predicted molar refractivity (Wildman–Crippen MR) is 137 cm³/mol. The van der Waals surface area contributed by atoms with Gasteiger partial charge in [-0.25, -0.2) is 4.79 Å². The second-order valence-electron chi connectivity index (χ2n) is 11.5. The van der Waals surface area contributed by atoms with Crippen LogP contribution in [0.1, 0.15) is 39.5 Å². The molecule has 5 atom stereocenters. The summed E-state index contributed by atoms with van der Waals surface area (Å²) < 4.78 is 16.9. The van der Waals surface area contributed by atoms with Crippen molar-refractivity contribution < 1.29 is 28.6 Å². The van der Waals surface area contributed by atoms with Crippen LogP contribution in [0, 0.1) is 22.7 Å². The number of cyclic esters (lactones) is 1. The van der Waals surface area contributed by atoms with Crippen LogP contribution in [-0.2, 0) is 28.6 Å². The van der Waals surface area contributed by atoms with Gasteiger partial charge in [-0.2, -0.15) is 0 Å². The van der Waals surface area contributed by atoms with Gasteiger partial charge in [0.2, 0.25) is 0 Å². The SMILES string of the molecule is C=C1CC[C@@H]2[C@](C)(COC(=O)CN(C)C)[C@H](OC(=O)CN(C)C)CC[C@@]2(C)[C@@H]1/C=C/C1=CCOC1=O. The highest BCUT2D eigenvalue weighted by Gasteiger charge is 2.59. The van der Waals surface area contributed by atoms with Crippen molar-refractivity contribution in [3.8, 4) is 0 Å². The topological polar surface area (TPSA) is 85.4 Å². The van der Waals surface area contributed by atoms with E-state index >= 15 is 0 Å². The number of carbonyl (C=O) groups excluding carboxylic acids is 3. The lowest BCUT2D eigenvalue weighted by atomic mass is 9.46. The maximum atomic E-state index is 12.7. The maximum absolute atomic E-state index is 12.7. The van der Waals surface area contributed by atoms with Crippen molar-refractivity contribution in [2.24, 2.45) is 22.7 Å². The second-order valence-corrected chi connectivity index (χ2v) is 11.5. The molecule has 1 aliphatic heterocycles. The van der Waals surface area contributed by atoms with E-state index in [-0.39, 0.29) is 61.0 Å². The number of carbonyl (C=O) groups is 3. The molecule has 36 heavy (non-hydrogen) atoms. The van der Waals surface area contributed by atoms with Crippen molar-refractivity contribution in [2.75, 3.05) is 54.5 Å². The fraction of sp³-hybridized carbons (Fsp3) is 0.679. The van der Waals surface area contributed by atoms with Crippen LogP contribution in [-0.4, -0.2) is 88.3 Å². The summed E-state index contributed by atoms with van der Waals surface area (Å²) in [5, 5.41) is 0. The molecule has 0 bridgehead atoms. The lowest BCUT2D eigenvalue weighted by Gasteiger charge is -2.60. The summed E-state index contributed by atoms with van der Waals surface area (Å²) in [6.45, 7) is 9.61. The molecular formula is C28H42N2O6. The fourth-order valence-corrected chi connectivity index (χ4v) is 6.35. The molecule has 2 saturated carbocycles. The van der Waals surface area contributed by atoms with Gasteiger partial charge >= 0.3 is 17.9 Å². The first-order valence-electron chi connectivity index (χ1n) is 12.7. The Bertz CT molecular complexity index is 938. The Morgan fingerprint density at radius 2 is 1.81 bits per heavy atom. The Morgan fingerprint density at radius 3 is 2.42 bits per heavy atom. The molecule has 200 valence electrons. The summed E-state index contributed by atoms with van der Waals surface area (Å²) in [7, 11) is 7.32. The van der Waals surface area contributed by atoms with E-state index in [1.807, 2.05) is 34.3 Å². The van der Waals surface area contributed by atoms with Gasteiger partial charge in [0.05, 0.1) is 18.7 Å². The highest BCUT2D eigenvalue weighted by atomic mass is 16.6. The zero-order chi connectivity index (χ0) is 26.7. The van der Waals surface area contributed by atoms with Gasteiger partial charge in [0.1, 0.15) is 19.3 Å². The molecule has 0 saturated heterocycles. The van der Waals surface area contributed by atoms with Crippen molar-refractivity contribution in [2.45, 2.75) is 45.6 Å². The summed E-state index contributed by atoms with van der Waals surface area (Å²) in [4.78, 5) is 40.7. The molecule has 1 heterocycles. The number of nitrogens with zero attached hydrogens (tertiary/aromatic N) is 2. The average Bonchev–Trinajstić information content (AvgIpc) is 3.18. The van der Waals surface area contributed by atoms with E-state index in [1.54, 1.807) is 15.9 Å². The van der Waals surface area contributed by atoms with E-state index in [4.69, 9.17) is 14.2 Å². The van der Waals surface area contributed by atoms with Crippen molar-refractivity contribution in [3.63, 3.8) is 0 Å². The molecule has 0 aromatic rings. The lowest BCUT2D eigenvalue weighted by molar-refractivity contribution is -0.192. The molecule has 0 amide bonds. The van der Waals surface area contributed by atoms with Crippen LogP contribution in [0.3, 0.4) is 0 Å². The molecular weight excluding hydrogens is 460 g/mol. The van der Waals surface area contributed by atoms with Crippen molar-refractivity contribution in [1.29, 1.82) is 0 Å². The van der Waals surface area contributed by atoms with Gasteiger partial charge < -0.3 is 14.2 Å². The van der Waals surface area contributed by atoms with Crippen molar-refractivity contribution in [1.82, 2.24) is 9.80 Å². The minimum atomic E-state index is -0.560. The van der Waals surface area contributed by atoms with Crippen LogP contribution in [0.15, 0.2) is 36.0 Å². The third-order valence-electron chi connectivity index (χ3n) is 8.11. The monoisotopic (exact) mass is 502 g/mol. The summed E-state index contributed by atoms with van der Waals surface area (Å²) in [5.41, 5.74) is 0.948. The number of ether oxygens (including phenoxy) is 3. The molecule has 8 nitrogen and oxygen atoms in total. The van der Waals surface area contributed by atoms with Crippen molar-refractivity contribution in [3.05, 3.63) is 36.0 Å². The molecule has 2 fully saturated rings. The third-order valence-corrected chi connectivity index (χ3v) is 8.11. The number of fused-ring (bicyclic) bond motifs is 1. The number of rotatable bonds is 9. The second kappa shape index (κ2) is 11.3. The summed E-state index contributed by atoms with van der Waals surface area (Å²) >= 11 is 0. The highest BCUT2D eigenvalue weighted by molar-refractivity contribution is 5.93. The van der Waals surface area contributed by atoms with E-state index in [9.17, 15) is 14.4 Å². The molecule has 3 rings (SSSR count). The lowest BCUT2D eigenvalue weighted by Crippen LogP contribution is -2.58. The number of hydrogen-bond acceptors (Lipinski definition) is 8. The quantitative estimate of drug-likeness (QED) is 0.270. The maximum Gasteiger partial charge on any atom is 0.338 e. The van der Waals surface area contributed by atoms with E-state index in [2.05, 4.69) is 26.5 Å². The number of esters is 3. The molecule has 0 radical (unpaired) electrons. The van der Waals surface area contributed by atoms with Crippen LogP contribution >= 0.6 is 0 Å². The van der Waals surface area contributed by atoms with Crippen LogP contribution < -0.4 is 0 Å². The number of likely N-dealkylation sites (N-methyl/N-ethyl adjacent to an activating group) is 2. The normalized spacial score (nSPS) is 32.4. The van der Waals surface area contributed by atoms with E-state index in [0.717, 1.165) is 24.8 Å². The molecule has 2 aliphatic carbocycles. The van der Waals surface area contributed by atoms with Gasteiger partial charge in [0.15, 0.2) is 0 Å². The van der Waals surface area contributed by atoms with Gasteiger partial charge in [-0.1, -0.05) is 38.2 Å². The number of hydrogen-bond donors (Lipinski definition) is 0. The fourth-order valence-electron chi connectivity index (χ4n) is 6.35. The average molecular weight is 503 g/mol. The Balaban J connectivity index is 1.90. The van der Waals surface area contributed by atoms with E-state index < -0.39 is 5.41 Å².